The van der Waals surface area contributed by atoms with Gasteiger partial charge in [-0.15, -0.1) is 0 Å². The molecule has 3 aromatic rings. The van der Waals surface area contributed by atoms with E-state index in [-0.39, 0.29) is 0 Å². The first-order valence-corrected chi connectivity index (χ1v) is 6.66. The van der Waals surface area contributed by atoms with E-state index < -0.39 is 0 Å². The molecule has 3 rings (SSSR count). The molecule has 98 valence electrons. The normalized spacial score (nSPS) is 11.5. The molecular weight excluding hydrogens is 258 g/mol. The molecule has 0 atom stereocenters. The highest BCUT2D eigenvalue weighted by molar-refractivity contribution is 7.71. The number of nitrogens with one attached hydrogen (secondary N) is 2. The minimum Gasteiger partial charge on any atom is -0.299 e. The van der Waals surface area contributed by atoms with Crippen LogP contribution >= 0.6 is 12.2 Å². The average Bonchev–Trinajstić information content (AvgIpc) is 2.94. The molecule has 0 fully saturated rings. The maximum Gasteiger partial charge on any atom is 0.195 e. The summed E-state index contributed by atoms with van der Waals surface area (Å²) in [5.74, 6) is 1.28. The third-order valence-electron chi connectivity index (χ3n) is 2.99. The van der Waals surface area contributed by atoms with Gasteiger partial charge in [0.1, 0.15) is 5.69 Å². The lowest BCUT2D eigenvalue weighted by Gasteiger charge is -2.07. The Hall–Kier alpha value is -1.95. The fourth-order valence-corrected chi connectivity index (χ4v) is 2.37. The number of nitrogens with zero attached hydrogens (tertiary/aromatic N) is 3. The summed E-state index contributed by atoms with van der Waals surface area (Å²) in [6.07, 6.45) is 0. The highest BCUT2D eigenvalue weighted by Crippen LogP contribution is 2.25. The summed E-state index contributed by atoms with van der Waals surface area (Å²) in [5.41, 5.74) is 1.84. The topological polar surface area (TPSA) is 62.3 Å². The summed E-state index contributed by atoms with van der Waals surface area (Å²) in [6.45, 7) is 5.13. The van der Waals surface area contributed by atoms with Crippen LogP contribution in [0.4, 0.5) is 0 Å². The third kappa shape index (κ3) is 2.08. The smallest absolute Gasteiger partial charge is 0.195 e. The van der Waals surface area contributed by atoms with E-state index in [0.29, 0.717) is 10.7 Å². The van der Waals surface area contributed by atoms with Gasteiger partial charge in [-0.05, 0) is 24.2 Å². The lowest BCUT2D eigenvalue weighted by atomic mass is 10.2. The third-order valence-corrected chi connectivity index (χ3v) is 3.30. The number of H-pyrrole nitrogens is 2. The second-order valence-electron chi connectivity index (χ2n) is 4.97. The van der Waals surface area contributed by atoms with Crippen molar-refractivity contribution in [2.45, 2.75) is 20.4 Å². The van der Waals surface area contributed by atoms with E-state index in [2.05, 4.69) is 34.2 Å². The summed E-state index contributed by atoms with van der Waals surface area (Å²) in [6, 6.07) is 8.01. The zero-order valence-electron chi connectivity index (χ0n) is 10.8. The standard InChI is InChI=1S/C13H15N5S/c1-8(2)7-18-12(16-17-13(18)19)11-9-5-3-4-6-10(9)14-15-11/h3-6,8H,7H2,1-2H3,(H,14,15)(H,17,19). The van der Waals surface area contributed by atoms with E-state index in [9.17, 15) is 0 Å². The largest absolute Gasteiger partial charge is 0.299 e. The molecule has 0 amide bonds. The Morgan fingerprint density at radius 3 is 2.79 bits per heavy atom. The van der Waals surface area contributed by atoms with Crippen molar-refractivity contribution in [1.82, 2.24) is 25.0 Å². The van der Waals surface area contributed by atoms with Crippen molar-refractivity contribution < 1.29 is 0 Å². The molecule has 0 aliphatic carbocycles. The van der Waals surface area contributed by atoms with Crippen molar-refractivity contribution in [3.05, 3.63) is 29.0 Å². The Kier molecular flexibility index (Phi) is 2.94. The molecular formula is C13H15N5S. The molecule has 0 unspecified atom stereocenters. The van der Waals surface area contributed by atoms with Gasteiger partial charge in [-0.3, -0.25) is 14.8 Å². The van der Waals surface area contributed by atoms with Gasteiger partial charge in [0, 0.05) is 11.9 Å². The summed E-state index contributed by atoms with van der Waals surface area (Å²) in [7, 11) is 0. The lowest BCUT2D eigenvalue weighted by Crippen LogP contribution is -2.06. The van der Waals surface area contributed by atoms with Gasteiger partial charge in [-0.2, -0.15) is 10.2 Å². The summed E-state index contributed by atoms with van der Waals surface area (Å²) >= 11 is 5.29. The number of hydrogen-bond donors (Lipinski definition) is 2. The van der Waals surface area contributed by atoms with Crippen molar-refractivity contribution in [2.24, 2.45) is 5.92 Å². The first-order valence-electron chi connectivity index (χ1n) is 6.25. The van der Waals surface area contributed by atoms with Crippen molar-refractivity contribution in [2.75, 3.05) is 0 Å². The Balaban J connectivity index is 2.19. The van der Waals surface area contributed by atoms with E-state index in [1.54, 1.807) is 0 Å². The van der Waals surface area contributed by atoms with E-state index in [1.807, 2.05) is 28.8 Å². The predicted octanol–water partition coefficient (Wildman–Crippen LogP) is 3.14. The molecule has 2 heterocycles. The number of aromatic amines is 2. The molecule has 0 saturated heterocycles. The van der Waals surface area contributed by atoms with Gasteiger partial charge >= 0.3 is 0 Å². The van der Waals surface area contributed by atoms with E-state index in [1.165, 1.54) is 0 Å². The van der Waals surface area contributed by atoms with Gasteiger partial charge in [0.05, 0.1) is 5.52 Å². The Labute approximate surface area is 115 Å². The van der Waals surface area contributed by atoms with Crippen molar-refractivity contribution in [1.29, 1.82) is 0 Å². The first kappa shape index (κ1) is 12.1. The zero-order valence-corrected chi connectivity index (χ0v) is 11.7. The minimum atomic E-state index is 0.494. The number of benzene rings is 1. The highest BCUT2D eigenvalue weighted by Gasteiger charge is 2.15. The van der Waals surface area contributed by atoms with Crippen LogP contribution in [0.25, 0.3) is 22.4 Å². The molecule has 1 aromatic carbocycles. The first-order chi connectivity index (χ1) is 9.16. The van der Waals surface area contributed by atoms with Crippen LogP contribution in [-0.4, -0.2) is 25.0 Å². The average molecular weight is 273 g/mol. The Morgan fingerprint density at radius 2 is 2.00 bits per heavy atom. The number of hydrogen-bond acceptors (Lipinski definition) is 3. The van der Waals surface area contributed by atoms with Crippen LogP contribution in [0.3, 0.4) is 0 Å². The van der Waals surface area contributed by atoms with Gasteiger partial charge in [0.2, 0.25) is 0 Å². The van der Waals surface area contributed by atoms with Crippen LogP contribution in [0.5, 0.6) is 0 Å². The van der Waals surface area contributed by atoms with E-state index in [0.717, 1.165) is 29.0 Å². The van der Waals surface area contributed by atoms with Crippen LogP contribution < -0.4 is 0 Å². The van der Waals surface area contributed by atoms with Crippen molar-refractivity contribution >= 4 is 23.1 Å². The SMILES string of the molecule is CC(C)Cn1c(-c2n[nH]c3ccccc23)n[nH]c1=S. The second-order valence-corrected chi connectivity index (χ2v) is 5.36. The molecule has 0 aliphatic rings. The second kappa shape index (κ2) is 4.62. The molecule has 5 nitrogen and oxygen atoms in total. The van der Waals surface area contributed by atoms with Crippen LogP contribution in [0.1, 0.15) is 13.8 Å². The maximum atomic E-state index is 5.29. The molecule has 0 bridgehead atoms. The van der Waals surface area contributed by atoms with Gasteiger partial charge < -0.3 is 0 Å². The zero-order chi connectivity index (χ0) is 13.4. The molecule has 0 radical (unpaired) electrons. The van der Waals surface area contributed by atoms with Crippen molar-refractivity contribution in [3.63, 3.8) is 0 Å². The monoisotopic (exact) mass is 273 g/mol. The minimum absolute atomic E-state index is 0.494. The molecule has 0 saturated carbocycles. The fraction of sp³-hybridized carbons (Fsp3) is 0.308. The fourth-order valence-electron chi connectivity index (χ4n) is 2.17. The number of para-hydroxylation sites is 1. The van der Waals surface area contributed by atoms with E-state index >= 15 is 0 Å². The van der Waals surface area contributed by atoms with Crippen molar-refractivity contribution in [3.8, 4) is 11.5 Å². The summed E-state index contributed by atoms with van der Waals surface area (Å²) in [5, 5.41) is 15.6. The molecule has 0 aliphatic heterocycles. The Morgan fingerprint density at radius 1 is 1.21 bits per heavy atom. The maximum absolute atomic E-state index is 5.29. The molecule has 6 heteroatoms. The number of fused-ring (bicyclic) bond motifs is 1. The van der Waals surface area contributed by atoms with Gasteiger partial charge in [0.25, 0.3) is 0 Å². The molecule has 2 N–H and O–H groups in total. The van der Waals surface area contributed by atoms with E-state index in [4.69, 9.17) is 12.2 Å². The van der Waals surface area contributed by atoms with Crippen LogP contribution in [-0.2, 0) is 6.54 Å². The van der Waals surface area contributed by atoms with Crippen LogP contribution in [0.2, 0.25) is 0 Å². The quantitative estimate of drug-likeness (QED) is 0.721. The van der Waals surface area contributed by atoms with Gasteiger partial charge in [-0.1, -0.05) is 32.0 Å². The molecule has 19 heavy (non-hydrogen) atoms. The summed E-state index contributed by atoms with van der Waals surface area (Å²) < 4.78 is 2.64. The van der Waals surface area contributed by atoms with Gasteiger partial charge in [0.15, 0.2) is 10.6 Å². The van der Waals surface area contributed by atoms with Crippen LogP contribution in [0, 0.1) is 10.7 Å². The number of aromatic nitrogens is 5. The van der Waals surface area contributed by atoms with Crippen LogP contribution in [0.15, 0.2) is 24.3 Å². The summed E-state index contributed by atoms with van der Waals surface area (Å²) in [4.78, 5) is 0. The number of rotatable bonds is 3. The Bertz CT molecular complexity index is 765. The predicted molar refractivity (Wildman–Crippen MR) is 77.3 cm³/mol. The highest BCUT2D eigenvalue weighted by atomic mass is 32.1. The molecule has 0 spiro atoms. The molecule has 2 aromatic heterocycles. The van der Waals surface area contributed by atoms with Gasteiger partial charge in [-0.25, -0.2) is 0 Å². The lowest BCUT2D eigenvalue weighted by molar-refractivity contribution is 0.521.